The van der Waals surface area contributed by atoms with E-state index < -0.39 is 42.8 Å². The molecular weight excluding hydrogens is 344 g/mol. The highest BCUT2D eigenvalue weighted by atomic mass is 16.6. The number of nitrogens with two attached hydrogens (primary N) is 2. The van der Waals surface area contributed by atoms with Crippen LogP contribution >= 0.6 is 0 Å². The molecule has 1 aliphatic heterocycles. The second-order valence-corrected chi connectivity index (χ2v) is 5.75. The predicted octanol–water partition coefficient (Wildman–Crippen LogP) is -1.12. The molecule has 1 aliphatic rings. The summed E-state index contributed by atoms with van der Waals surface area (Å²) in [4.78, 5) is 27.8. The third kappa shape index (κ3) is 3.25. The normalized spacial score (nSPS) is 25.2. The molecule has 10 heteroatoms. The van der Waals surface area contributed by atoms with Crippen LogP contribution in [0.5, 0.6) is 0 Å². The van der Waals surface area contributed by atoms with Crippen LogP contribution in [-0.2, 0) is 9.47 Å². The predicted molar refractivity (Wildman–Crippen MR) is 90.0 cm³/mol. The summed E-state index contributed by atoms with van der Waals surface area (Å²) in [6.45, 7) is -0.535. The molecule has 1 aromatic heterocycles. The van der Waals surface area contributed by atoms with Crippen molar-refractivity contribution >= 4 is 17.5 Å². The van der Waals surface area contributed by atoms with Crippen molar-refractivity contribution in [3.63, 3.8) is 0 Å². The summed E-state index contributed by atoms with van der Waals surface area (Å²) < 4.78 is 11.7. The van der Waals surface area contributed by atoms with Crippen molar-refractivity contribution in [2.45, 2.75) is 24.5 Å². The number of hydrogen-bond acceptors (Lipinski definition) is 9. The number of nitrogen functional groups attached to an aromatic ring is 2. The molecule has 1 aromatic carbocycles. The van der Waals surface area contributed by atoms with E-state index >= 15 is 0 Å². The number of carbonyl (C=O) groups is 1. The number of nitrogens with zero attached hydrogens (tertiary/aromatic N) is 2. The maximum absolute atomic E-state index is 12.2. The highest BCUT2D eigenvalue weighted by Crippen LogP contribution is 2.31. The summed E-state index contributed by atoms with van der Waals surface area (Å²) >= 11 is 0. The first kappa shape index (κ1) is 17.9. The van der Waals surface area contributed by atoms with Gasteiger partial charge >= 0.3 is 11.7 Å². The van der Waals surface area contributed by atoms with Gasteiger partial charge in [0, 0.05) is 6.20 Å². The van der Waals surface area contributed by atoms with E-state index in [2.05, 4.69) is 4.98 Å². The number of aliphatic hydroxyl groups is 2. The molecule has 1 fully saturated rings. The fourth-order valence-electron chi connectivity index (χ4n) is 2.69. The number of anilines is 2. The Hall–Kier alpha value is -2.95. The van der Waals surface area contributed by atoms with Crippen LogP contribution in [0.25, 0.3) is 0 Å². The topological polar surface area (TPSA) is 163 Å². The molecule has 0 unspecified atom stereocenters. The smallest absolute Gasteiger partial charge is 0.351 e. The molecule has 3 rings (SSSR count). The number of hydrogen-bond donors (Lipinski definition) is 4. The molecule has 0 radical (unpaired) electrons. The van der Waals surface area contributed by atoms with Crippen LogP contribution in [0, 0.1) is 0 Å². The fourth-order valence-corrected chi connectivity index (χ4v) is 2.69. The van der Waals surface area contributed by atoms with Crippen LogP contribution in [0.1, 0.15) is 16.6 Å². The monoisotopic (exact) mass is 362 g/mol. The van der Waals surface area contributed by atoms with E-state index in [4.69, 9.17) is 20.9 Å². The second-order valence-electron chi connectivity index (χ2n) is 5.75. The molecule has 1 saturated heterocycles. The van der Waals surface area contributed by atoms with Crippen LogP contribution in [-0.4, -0.2) is 50.7 Å². The van der Waals surface area contributed by atoms with Gasteiger partial charge in [0.2, 0.25) is 0 Å². The van der Waals surface area contributed by atoms with Crippen LogP contribution in [0.3, 0.4) is 0 Å². The Morgan fingerprint density at radius 2 is 2.00 bits per heavy atom. The third-order valence-corrected chi connectivity index (χ3v) is 4.03. The zero-order chi connectivity index (χ0) is 18.8. The number of ether oxygens (including phenoxy) is 2. The van der Waals surface area contributed by atoms with Crippen molar-refractivity contribution in [2.24, 2.45) is 0 Å². The van der Waals surface area contributed by atoms with Crippen molar-refractivity contribution in [1.82, 2.24) is 9.55 Å². The summed E-state index contributed by atoms with van der Waals surface area (Å²) in [5.74, 6) is -0.843. The summed E-state index contributed by atoms with van der Waals surface area (Å²) in [5, 5.41) is 20.0. The van der Waals surface area contributed by atoms with Gasteiger partial charge in [-0.1, -0.05) is 18.2 Å². The summed E-state index contributed by atoms with van der Waals surface area (Å²) in [6.07, 6.45) is -3.73. The first-order chi connectivity index (χ1) is 12.4. The van der Waals surface area contributed by atoms with Crippen LogP contribution in [0.2, 0.25) is 0 Å². The molecule has 10 nitrogen and oxygen atoms in total. The van der Waals surface area contributed by atoms with Crippen molar-refractivity contribution in [3.05, 3.63) is 52.6 Å². The van der Waals surface area contributed by atoms with Gasteiger partial charge in [-0.05, 0) is 12.1 Å². The molecule has 0 spiro atoms. The van der Waals surface area contributed by atoms with Crippen LogP contribution in [0.15, 0.2) is 41.3 Å². The van der Waals surface area contributed by atoms with E-state index in [0.29, 0.717) is 0 Å². The standard InChI is InChI=1S/C16H18N4O6/c17-9-6-20(16(24)19-13(9)18)14-11(22)12(10(7-21)25-14)26-15(23)8-4-2-1-3-5-8/h1-6,10-12,14,21-22H,7,17H2,(H2,18,19,24)/t10-,11+,12-,14-/m1/s1. The van der Waals surface area contributed by atoms with Crippen molar-refractivity contribution in [2.75, 3.05) is 18.1 Å². The summed E-state index contributed by atoms with van der Waals surface area (Å²) in [6, 6.07) is 8.15. The van der Waals surface area contributed by atoms with E-state index in [1.54, 1.807) is 30.3 Å². The number of aliphatic hydroxyl groups excluding tert-OH is 2. The molecule has 0 saturated carbocycles. The van der Waals surface area contributed by atoms with Crippen LogP contribution in [0.4, 0.5) is 11.5 Å². The average Bonchev–Trinajstić information content (AvgIpc) is 2.94. The number of rotatable bonds is 4. The zero-order valence-electron chi connectivity index (χ0n) is 13.6. The molecule has 26 heavy (non-hydrogen) atoms. The van der Waals surface area contributed by atoms with E-state index in [1.807, 2.05) is 0 Å². The molecule has 0 bridgehead atoms. The van der Waals surface area contributed by atoms with Gasteiger partial charge in [0.25, 0.3) is 0 Å². The van der Waals surface area contributed by atoms with Gasteiger partial charge in [-0.15, -0.1) is 0 Å². The Morgan fingerprint density at radius 1 is 1.31 bits per heavy atom. The molecule has 6 N–H and O–H groups in total. The Labute approximate surface area is 147 Å². The largest absolute Gasteiger partial charge is 0.453 e. The van der Waals surface area contributed by atoms with Gasteiger partial charge in [0.05, 0.1) is 17.9 Å². The number of benzene rings is 1. The SMILES string of the molecule is Nc1cn([C@@H]2O[C@H](CO)[C@@H](OC(=O)c3ccccc3)[C@@H]2O)c(=O)nc1N. The van der Waals surface area contributed by atoms with Crippen molar-refractivity contribution in [1.29, 1.82) is 0 Å². The second kappa shape index (κ2) is 7.12. The number of carbonyl (C=O) groups excluding carboxylic acids is 1. The maximum Gasteiger partial charge on any atom is 0.351 e. The zero-order valence-corrected chi connectivity index (χ0v) is 13.6. The van der Waals surface area contributed by atoms with Gasteiger partial charge < -0.3 is 31.2 Å². The molecule has 2 heterocycles. The molecular formula is C16H18N4O6. The minimum Gasteiger partial charge on any atom is -0.453 e. The van der Waals surface area contributed by atoms with Gasteiger partial charge in [-0.3, -0.25) is 4.57 Å². The molecule has 2 aromatic rings. The Kier molecular flexibility index (Phi) is 4.89. The highest BCUT2D eigenvalue weighted by Gasteiger charge is 2.47. The van der Waals surface area contributed by atoms with Gasteiger partial charge in [-0.25, -0.2) is 9.59 Å². The average molecular weight is 362 g/mol. The number of aromatic nitrogens is 2. The molecule has 4 atom stereocenters. The van der Waals surface area contributed by atoms with Gasteiger partial charge in [0.1, 0.15) is 12.2 Å². The molecule has 138 valence electrons. The quantitative estimate of drug-likeness (QED) is 0.493. The van der Waals surface area contributed by atoms with E-state index in [0.717, 1.165) is 4.57 Å². The van der Waals surface area contributed by atoms with Gasteiger partial charge in [-0.2, -0.15) is 4.98 Å². The van der Waals surface area contributed by atoms with E-state index in [1.165, 1.54) is 6.20 Å². The first-order valence-corrected chi connectivity index (χ1v) is 7.77. The van der Waals surface area contributed by atoms with E-state index in [-0.39, 0.29) is 17.1 Å². The highest BCUT2D eigenvalue weighted by molar-refractivity contribution is 5.89. The van der Waals surface area contributed by atoms with Crippen molar-refractivity contribution in [3.8, 4) is 0 Å². The lowest BCUT2D eigenvalue weighted by atomic mass is 10.1. The Bertz CT molecular complexity index is 856. The lowest BCUT2D eigenvalue weighted by Gasteiger charge is -2.20. The Morgan fingerprint density at radius 3 is 2.65 bits per heavy atom. The third-order valence-electron chi connectivity index (χ3n) is 4.03. The molecule has 0 amide bonds. The minimum absolute atomic E-state index is 0.0191. The minimum atomic E-state index is -1.43. The number of esters is 1. The van der Waals surface area contributed by atoms with Crippen molar-refractivity contribution < 1.29 is 24.5 Å². The lowest BCUT2D eigenvalue weighted by Crippen LogP contribution is -2.39. The fraction of sp³-hybridized carbons (Fsp3) is 0.312. The maximum atomic E-state index is 12.2. The molecule has 0 aliphatic carbocycles. The lowest BCUT2D eigenvalue weighted by molar-refractivity contribution is -0.0562. The van der Waals surface area contributed by atoms with Gasteiger partial charge in [0.15, 0.2) is 18.1 Å². The van der Waals surface area contributed by atoms with E-state index in [9.17, 15) is 19.8 Å². The summed E-state index contributed by atoms with van der Waals surface area (Å²) in [5.41, 5.74) is 10.6. The summed E-state index contributed by atoms with van der Waals surface area (Å²) in [7, 11) is 0. The first-order valence-electron chi connectivity index (χ1n) is 7.77. The Balaban J connectivity index is 1.85. The van der Waals surface area contributed by atoms with Crippen LogP contribution < -0.4 is 17.2 Å².